The number of aliphatic hydroxyl groups is 1. The van der Waals surface area contributed by atoms with E-state index in [1.54, 1.807) is 0 Å². The Labute approximate surface area is 103 Å². The maximum atomic E-state index is 10.1. The maximum Gasteiger partial charge on any atom is 0.158 e. The average Bonchev–Trinajstić information content (AvgIpc) is 2.73. The van der Waals surface area contributed by atoms with Crippen LogP contribution in [0.1, 0.15) is 11.8 Å². The van der Waals surface area contributed by atoms with Gasteiger partial charge in [0.25, 0.3) is 0 Å². The fourth-order valence-electron chi connectivity index (χ4n) is 2.14. The summed E-state index contributed by atoms with van der Waals surface area (Å²) in [6, 6.07) is 3.74. The lowest BCUT2D eigenvalue weighted by Gasteiger charge is -2.18. The van der Waals surface area contributed by atoms with Crippen molar-refractivity contribution in [2.45, 2.75) is 6.10 Å². The SMILES string of the molecule is CN1CC(O)c2cccn2-c2c(Cl)ncnc21. The Morgan fingerprint density at radius 2 is 2.29 bits per heavy atom. The van der Waals surface area contributed by atoms with Gasteiger partial charge in [-0.2, -0.15) is 0 Å². The molecule has 88 valence electrons. The van der Waals surface area contributed by atoms with Crippen molar-refractivity contribution in [1.82, 2.24) is 14.5 Å². The molecular weight excluding hydrogens is 240 g/mol. The van der Waals surface area contributed by atoms with Crippen molar-refractivity contribution in [2.75, 3.05) is 18.5 Å². The molecule has 0 amide bonds. The summed E-state index contributed by atoms with van der Waals surface area (Å²) in [7, 11) is 1.87. The van der Waals surface area contributed by atoms with Gasteiger partial charge in [-0.05, 0) is 12.1 Å². The predicted octanol–water partition coefficient (Wildman–Crippen LogP) is 1.40. The Bertz CT molecular complexity index is 568. The highest BCUT2D eigenvalue weighted by atomic mass is 35.5. The summed E-state index contributed by atoms with van der Waals surface area (Å²) in [4.78, 5) is 10.1. The highest BCUT2D eigenvalue weighted by molar-refractivity contribution is 6.31. The van der Waals surface area contributed by atoms with Gasteiger partial charge >= 0.3 is 0 Å². The Balaban J connectivity index is 2.33. The molecular formula is C11H11ClN4O. The van der Waals surface area contributed by atoms with Crippen molar-refractivity contribution < 1.29 is 5.11 Å². The molecule has 6 heteroatoms. The summed E-state index contributed by atoms with van der Waals surface area (Å²) in [6.45, 7) is 0.477. The van der Waals surface area contributed by atoms with Crippen LogP contribution in [0.5, 0.6) is 0 Å². The van der Waals surface area contributed by atoms with Gasteiger partial charge in [0.1, 0.15) is 18.1 Å². The van der Waals surface area contributed by atoms with Crippen LogP contribution in [0, 0.1) is 0 Å². The molecule has 0 spiro atoms. The van der Waals surface area contributed by atoms with E-state index in [1.165, 1.54) is 6.33 Å². The summed E-state index contributed by atoms with van der Waals surface area (Å²) < 4.78 is 1.84. The van der Waals surface area contributed by atoms with E-state index in [-0.39, 0.29) is 0 Å². The molecule has 0 radical (unpaired) electrons. The first-order valence-corrected chi connectivity index (χ1v) is 5.63. The zero-order chi connectivity index (χ0) is 12.0. The van der Waals surface area contributed by atoms with Crippen molar-refractivity contribution >= 4 is 17.4 Å². The van der Waals surface area contributed by atoms with Crippen LogP contribution in [0.3, 0.4) is 0 Å². The van der Waals surface area contributed by atoms with Crippen LogP contribution in [-0.4, -0.2) is 33.2 Å². The van der Waals surface area contributed by atoms with Crippen LogP contribution < -0.4 is 4.90 Å². The summed E-state index contributed by atoms with van der Waals surface area (Å²) in [5, 5.41) is 10.5. The molecule has 1 unspecified atom stereocenters. The van der Waals surface area contributed by atoms with E-state index in [0.29, 0.717) is 17.4 Å². The van der Waals surface area contributed by atoms with Gasteiger partial charge in [0.05, 0.1) is 12.2 Å². The molecule has 0 fully saturated rings. The van der Waals surface area contributed by atoms with E-state index in [9.17, 15) is 5.11 Å². The number of fused-ring (bicyclic) bond motifs is 3. The second-order valence-corrected chi connectivity index (χ2v) is 4.39. The number of β-amino-alcohol motifs (C(OH)–C–C–N with tert-alkyl or cyclic N) is 1. The lowest BCUT2D eigenvalue weighted by molar-refractivity contribution is 0.180. The van der Waals surface area contributed by atoms with Gasteiger partial charge in [0.2, 0.25) is 0 Å². The number of hydrogen-bond donors (Lipinski definition) is 1. The van der Waals surface area contributed by atoms with E-state index in [2.05, 4.69) is 9.97 Å². The number of likely N-dealkylation sites (N-methyl/N-ethyl adjacent to an activating group) is 1. The number of aromatic nitrogens is 3. The van der Waals surface area contributed by atoms with E-state index in [4.69, 9.17) is 11.6 Å². The first-order chi connectivity index (χ1) is 8.18. The Hall–Kier alpha value is -1.59. The summed E-state index contributed by atoms with van der Waals surface area (Å²) in [6.07, 6.45) is 2.71. The van der Waals surface area contributed by atoms with Gasteiger partial charge in [-0.25, -0.2) is 9.97 Å². The summed E-state index contributed by atoms with van der Waals surface area (Å²) >= 11 is 6.13. The molecule has 17 heavy (non-hydrogen) atoms. The molecule has 0 aromatic carbocycles. The molecule has 1 N–H and O–H groups in total. The van der Waals surface area contributed by atoms with Gasteiger partial charge < -0.3 is 14.6 Å². The summed E-state index contributed by atoms with van der Waals surface area (Å²) in [5.41, 5.74) is 1.51. The molecule has 1 atom stereocenters. The van der Waals surface area contributed by atoms with Crippen LogP contribution in [0.4, 0.5) is 5.82 Å². The highest BCUT2D eigenvalue weighted by Gasteiger charge is 2.26. The molecule has 1 aliphatic heterocycles. The smallest absolute Gasteiger partial charge is 0.158 e. The first-order valence-electron chi connectivity index (χ1n) is 5.26. The molecule has 0 saturated heterocycles. The largest absolute Gasteiger partial charge is 0.385 e. The van der Waals surface area contributed by atoms with Crippen molar-refractivity contribution in [3.63, 3.8) is 0 Å². The topological polar surface area (TPSA) is 54.2 Å². The van der Waals surface area contributed by atoms with Gasteiger partial charge in [-0.15, -0.1) is 0 Å². The molecule has 2 aromatic rings. The minimum absolute atomic E-state index is 0.383. The lowest BCUT2D eigenvalue weighted by Crippen LogP contribution is -2.23. The minimum Gasteiger partial charge on any atom is -0.385 e. The zero-order valence-electron chi connectivity index (χ0n) is 9.21. The van der Waals surface area contributed by atoms with E-state index >= 15 is 0 Å². The minimum atomic E-state index is -0.569. The van der Waals surface area contributed by atoms with Crippen molar-refractivity contribution in [3.8, 4) is 5.69 Å². The number of nitrogens with zero attached hydrogens (tertiary/aromatic N) is 4. The van der Waals surface area contributed by atoms with Gasteiger partial charge in [-0.1, -0.05) is 11.6 Å². The quantitative estimate of drug-likeness (QED) is 0.719. The van der Waals surface area contributed by atoms with E-state index < -0.39 is 6.10 Å². The molecule has 0 bridgehead atoms. The Morgan fingerprint density at radius 3 is 3.12 bits per heavy atom. The third-order valence-electron chi connectivity index (χ3n) is 2.93. The molecule has 3 rings (SSSR count). The zero-order valence-corrected chi connectivity index (χ0v) is 9.96. The molecule has 3 heterocycles. The standard InChI is InChI=1S/C11H11ClN4O/c1-15-5-8(17)7-3-2-4-16(7)9-10(12)13-6-14-11(9)15/h2-4,6,8,17H,5H2,1H3. The van der Waals surface area contributed by atoms with Crippen LogP contribution in [0.2, 0.25) is 5.15 Å². The van der Waals surface area contributed by atoms with Gasteiger partial charge in [0, 0.05) is 13.2 Å². The molecule has 2 aromatic heterocycles. The highest BCUT2D eigenvalue weighted by Crippen LogP contribution is 2.33. The fourth-order valence-corrected chi connectivity index (χ4v) is 2.36. The molecule has 0 saturated carbocycles. The Kier molecular flexibility index (Phi) is 2.31. The normalized spacial score (nSPS) is 18.5. The number of hydrogen-bond acceptors (Lipinski definition) is 4. The summed E-state index contributed by atoms with van der Waals surface area (Å²) in [5.74, 6) is 0.721. The second kappa shape index (κ2) is 3.72. The molecule has 5 nitrogen and oxygen atoms in total. The number of aliphatic hydroxyl groups excluding tert-OH is 1. The van der Waals surface area contributed by atoms with Crippen LogP contribution in [0.25, 0.3) is 5.69 Å². The molecule has 1 aliphatic rings. The van der Waals surface area contributed by atoms with Crippen molar-refractivity contribution in [1.29, 1.82) is 0 Å². The maximum absolute atomic E-state index is 10.1. The lowest BCUT2D eigenvalue weighted by atomic mass is 10.2. The first kappa shape index (κ1) is 10.6. The van der Waals surface area contributed by atoms with Crippen LogP contribution >= 0.6 is 11.6 Å². The van der Waals surface area contributed by atoms with Crippen LogP contribution in [-0.2, 0) is 0 Å². The monoisotopic (exact) mass is 250 g/mol. The predicted molar refractivity (Wildman–Crippen MR) is 64.6 cm³/mol. The van der Waals surface area contributed by atoms with E-state index in [0.717, 1.165) is 11.5 Å². The number of rotatable bonds is 0. The second-order valence-electron chi connectivity index (χ2n) is 4.04. The van der Waals surface area contributed by atoms with Crippen LogP contribution in [0.15, 0.2) is 24.7 Å². The fraction of sp³-hybridized carbons (Fsp3) is 0.273. The van der Waals surface area contributed by atoms with Crippen molar-refractivity contribution in [2.24, 2.45) is 0 Å². The Morgan fingerprint density at radius 1 is 1.47 bits per heavy atom. The van der Waals surface area contributed by atoms with Gasteiger partial charge in [-0.3, -0.25) is 0 Å². The number of halogens is 1. The molecule has 0 aliphatic carbocycles. The number of anilines is 1. The third kappa shape index (κ3) is 1.50. The average molecular weight is 251 g/mol. The van der Waals surface area contributed by atoms with Gasteiger partial charge in [0.15, 0.2) is 11.0 Å². The van der Waals surface area contributed by atoms with E-state index in [1.807, 2.05) is 34.8 Å². The third-order valence-corrected chi connectivity index (χ3v) is 3.21. The van der Waals surface area contributed by atoms with Crippen molar-refractivity contribution in [3.05, 3.63) is 35.5 Å².